The first-order valence-corrected chi connectivity index (χ1v) is 12.1. The van der Waals surface area contributed by atoms with Gasteiger partial charge >= 0.3 is 5.97 Å². The number of carbonyl (C=O) groups excluding carboxylic acids is 1. The minimum Gasteiger partial charge on any atom is -0.458 e. The zero-order valence-electron chi connectivity index (χ0n) is 17.6. The van der Waals surface area contributed by atoms with Crippen molar-refractivity contribution < 1.29 is 9.53 Å². The number of rotatable bonds is 3. The summed E-state index contributed by atoms with van der Waals surface area (Å²) in [6, 6.07) is 0. The van der Waals surface area contributed by atoms with E-state index in [0.717, 1.165) is 43.4 Å². The van der Waals surface area contributed by atoms with E-state index >= 15 is 0 Å². The lowest BCUT2D eigenvalue weighted by atomic mass is 9.68. The topological polar surface area (TPSA) is 26.3 Å². The fourth-order valence-electron chi connectivity index (χ4n) is 9.89. The molecular formula is C26H36O2. The highest BCUT2D eigenvalue weighted by molar-refractivity contribution is 5.74. The van der Waals surface area contributed by atoms with Crippen LogP contribution in [0.1, 0.15) is 65.2 Å². The van der Waals surface area contributed by atoms with Crippen molar-refractivity contribution in [2.75, 3.05) is 0 Å². The monoisotopic (exact) mass is 380 g/mol. The Labute approximate surface area is 171 Å². The summed E-state index contributed by atoms with van der Waals surface area (Å²) in [6.45, 7) is 17.5. The maximum Gasteiger partial charge on any atom is 0.309 e. The average molecular weight is 381 g/mol. The quantitative estimate of drug-likeness (QED) is 0.619. The van der Waals surface area contributed by atoms with Crippen LogP contribution in [0, 0.1) is 84.9 Å². The van der Waals surface area contributed by atoms with Gasteiger partial charge in [0.05, 0.1) is 5.92 Å². The van der Waals surface area contributed by atoms with Gasteiger partial charge in [-0.2, -0.15) is 0 Å². The lowest BCUT2D eigenvalue weighted by molar-refractivity contribution is -0.185. The Morgan fingerprint density at radius 3 is 2.46 bits per heavy atom. The van der Waals surface area contributed by atoms with Gasteiger partial charge in [-0.1, -0.05) is 20.3 Å². The third-order valence-electron chi connectivity index (χ3n) is 10.7. The largest absolute Gasteiger partial charge is 0.458 e. The summed E-state index contributed by atoms with van der Waals surface area (Å²) < 4.78 is 6.64. The highest BCUT2D eigenvalue weighted by Crippen LogP contribution is 2.67. The van der Waals surface area contributed by atoms with Crippen molar-refractivity contribution in [1.82, 2.24) is 0 Å². The summed E-state index contributed by atoms with van der Waals surface area (Å²) in [5.74, 6) is 6.26. The van der Waals surface area contributed by atoms with E-state index in [1.807, 2.05) is 0 Å². The summed E-state index contributed by atoms with van der Waals surface area (Å²) in [5, 5.41) is 0. The summed E-state index contributed by atoms with van der Waals surface area (Å²) in [7, 11) is 0. The first-order chi connectivity index (χ1) is 13.4. The molecule has 4 radical (unpaired) electrons. The van der Waals surface area contributed by atoms with Crippen LogP contribution in [0.3, 0.4) is 0 Å². The van der Waals surface area contributed by atoms with E-state index < -0.39 is 0 Å². The van der Waals surface area contributed by atoms with E-state index in [4.69, 9.17) is 18.6 Å². The molecule has 4 bridgehead atoms. The van der Waals surface area contributed by atoms with Gasteiger partial charge in [0.25, 0.3) is 0 Å². The molecule has 0 heterocycles. The van der Waals surface area contributed by atoms with Crippen LogP contribution < -0.4 is 0 Å². The summed E-state index contributed by atoms with van der Waals surface area (Å²) in [4.78, 5) is 13.6. The Morgan fingerprint density at radius 1 is 0.929 bits per heavy atom. The van der Waals surface area contributed by atoms with E-state index in [2.05, 4.69) is 13.8 Å². The van der Waals surface area contributed by atoms with Gasteiger partial charge in [-0.25, -0.2) is 0 Å². The normalized spacial score (nSPS) is 58.5. The number of fused-ring (bicyclic) bond motifs is 10. The van der Waals surface area contributed by atoms with Gasteiger partial charge in [-0.3, -0.25) is 4.79 Å². The predicted octanol–water partition coefficient (Wildman–Crippen LogP) is 5.33. The number of hydrogen-bond donors (Lipinski definition) is 0. The molecule has 0 aliphatic heterocycles. The zero-order chi connectivity index (χ0) is 19.4. The van der Waals surface area contributed by atoms with Crippen molar-refractivity contribution >= 4 is 5.97 Å². The lowest BCUT2D eigenvalue weighted by Gasteiger charge is -2.46. The molecular weight excluding hydrogens is 344 g/mol. The van der Waals surface area contributed by atoms with Gasteiger partial charge in [0, 0.05) is 5.92 Å². The number of esters is 1. The molecule has 0 N–H and O–H groups in total. The van der Waals surface area contributed by atoms with Gasteiger partial charge < -0.3 is 4.74 Å². The van der Waals surface area contributed by atoms with Crippen molar-refractivity contribution in [3.8, 4) is 0 Å². The fourth-order valence-corrected chi connectivity index (χ4v) is 9.89. The molecule has 0 amide bonds. The first kappa shape index (κ1) is 18.3. The molecule has 0 spiro atoms. The number of hydrogen-bond acceptors (Lipinski definition) is 2. The van der Waals surface area contributed by atoms with Gasteiger partial charge in [0.1, 0.15) is 5.60 Å². The Kier molecular flexibility index (Phi) is 3.92. The van der Waals surface area contributed by atoms with Gasteiger partial charge in [-0.15, -0.1) is 0 Å². The maximum atomic E-state index is 13.6. The Balaban J connectivity index is 1.23. The molecule has 6 fully saturated rings. The molecule has 28 heavy (non-hydrogen) atoms. The van der Waals surface area contributed by atoms with Crippen LogP contribution in [0.2, 0.25) is 0 Å². The molecule has 2 heteroatoms. The van der Waals surface area contributed by atoms with Crippen LogP contribution in [0.25, 0.3) is 0 Å². The van der Waals surface area contributed by atoms with Crippen molar-refractivity contribution in [3.05, 3.63) is 13.8 Å². The van der Waals surface area contributed by atoms with E-state index in [0.29, 0.717) is 35.5 Å². The molecule has 6 saturated carbocycles. The molecule has 12 atom stereocenters. The number of carbonyl (C=O) groups is 1. The third-order valence-corrected chi connectivity index (χ3v) is 10.7. The minimum atomic E-state index is -0.192. The van der Waals surface area contributed by atoms with E-state index in [9.17, 15) is 4.79 Å². The second-order valence-electron chi connectivity index (χ2n) is 11.8. The first-order valence-electron chi connectivity index (χ1n) is 12.1. The fraction of sp³-hybridized carbons (Fsp3) is 0.885. The van der Waals surface area contributed by atoms with Crippen LogP contribution in [-0.4, -0.2) is 11.6 Å². The van der Waals surface area contributed by atoms with Gasteiger partial charge in [0.2, 0.25) is 0 Å². The molecule has 6 rings (SSSR count). The summed E-state index contributed by atoms with van der Waals surface area (Å²) >= 11 is 0. The highest BCUT2D eigenvalue weighted by Gasteiger charge is 2.65. The van der Waals surface area contributed by atoms with Crippen molar-refractivity contribution in [3.63, 3.8) is 0 Å². The Morgan fingerprint density at radius 2 is 1.68 bits per heavy atom. The molecule has 152 valence electrons. The smallest absolute Gasteiger partial charge is 0.309 e. The van der Waals surface area contributed by atoms with Crippen molar-refractivity contribution in [2.24, 2.45) is 71.0 Å². The Bertz CT molecular complexity index is 669. The molecule has 6 aliphatic carbocycles. The predicted molar refractivity (Wildman–Crippen MR) is 108 cm³/mol. The number of ether oxygens (including phenoxy) is 1. The molecule has 0 saturated heterocycles. The summed E-state index contributed by atoms with van der Waals surface area (Å²) in [5.41, 5.74) is -0.192. The van der Waals surface area contributed by atoms with Crippen LogP contribution in [-0.2, 0) is 9.53 Å². The van der Waals surface area contributed by atoms with Gasteiger partial charge in [-0.05, 0) is 118 Å². The summed E-state index contributed by atoms with van der Waals surface area (Å²) in [6.07, 6.45) is 9.69. The molecule has 0 aromatic carbocycles. The zero-order valence-corrected chi connectivity index (χ0v) is 17.6. The molecule has 2 nitrogen and oxygen atoms in total. The molecule has 0 aromatic rings. The SMILES string of the molecule is [CH]C1CC([CH])C2C3CC(CC3C(=O)OC3(C(C)C)CC4CC3C3CCCC43)C12. The van der Waals surface area contributed by atoms with Crippen LogP contribution in [0.5, 0.6) is 0 Å². The van der Waals surface area contributed by atoms with E-state index in [-0.39, 0.29) is 29.3 Å². The van der Waals surface area contributed by atoms with Crippen molar-refractivity contribution in [2.45, 2.75) is 70.8 Å². The third kappa shape index (κ3) is 2.19. The van der Waals surface area contributed by atoms with Gasteiger partial charge in [0.15, 0.2) is 0 Å². The molecule has 6 aliphatic rings. The Hall–Kier alpha value is -0.530. The standard InChI is InChI=1S/C26H36O2/c1-13(2)26(12-17-11-22(26)19-7-5-6-18(17)19)28-25(27)21-10-16-9-20(21)24-15(4)8-14(3)23(16)24/h3-4,13-24H,5-12H2,1-2H3. The van der Waals surface area contributed by atoms with E-state index in [1.54, 1.807) is 0 Å². The van der Waals surface area contributed by atoms with E-state index in [1.165, 1.54) is 25.7 Å². The lowest BCUT2D eigenvalue weighted by Crippen LogP contribution is -2.50. The molecule has 12 unspecified atom stereocenters. The van der Waals surface area contributed by atoms with Crippen LogP contribution in [0.15, 0.2) is 0 Å². The van der Waals surface area contributed by atoms with Crippen LogP contribution >= 0.6 is 0 Å². The second-order valence-corrected chi connectivity index (χ2v) is 11.8. The molecule has 0 aromatic heterocycles. The van der Waals surface area contributed by atoms with Crippen molar-refractivity contribution in [1.29, 1.82) is 0 Å². The van der Waals surface area contributed by atoms with Crippen LogP contribution in [0.4, 0.5) is 0 Å². The second kappa shape index (κ2) is 6.01. The minimum absolute atomic E-state index is 0.0803. The highest BCUT2D eigenvalue weighted by atomic mass is 16.6. The maximum absolute atomic E-state index is 13.6. The average Bonchev–Trinajstić information content (AvgIpc) is 3.43.